The third kappa shape index (κ3) is 3.96. The van der Waals surface area contributed by atoms with Gasteiger partial charge in [-0.05, 0) is 24.8 Å². The Kier molecular flexibility index (Phi) is 5.71. The summed E-state index contributed by atoms with van der Waals surface area (Å²) in [5, 5.41) is 3.28. The fourth-order valence-electron chi connectivity index (χ4n) is 3.89. The summed E-state index contributed by atoms with van der Waals surface area (Å²) in [4.78, 5) is 38.3. The minimum atomic E-state index is -0.639. The molecule has 6 heteroatoms. The summed E-state index contributed by atoms with van der Waals surface area (Å²) in [5.41, 5.74) is 0.290. The number of likely N-dealkylation sites (N-methyl/N-ethyl adjacent to an activating group) is 1. The van der Waals surface area contributed by atoms with Gasteiger partial charge in [0.2, 0.25) is 11.8 Å². The normalized spacial score (nSPS) is 22.5. The Morgan fingerprint density at radius 1 is 1.19 bits per heavy atom. The van der Waals surface area contributed by atoms with Crippen LogP contribution in [-0.2, 0) is 25.7 Å². The van der Waals surface area contributed by atoms with Crippen LogP contribution in [0.2, 0.25) is 0 Å². The number of carbonyl (C=O) groups excluding carboxylic acids is 3. The van der Waals surface area contributed by atoms with Gasteiger partial charge in [-0.1, -0.05) is 49.6 Å². The van der Waals surface area contributed by atoms with Crippen molar-refractivity contribution in [2.75, 3.05) is 7.05 Å². The first-order chi connectivity index (χ1) is 12.5. The molecule has 0 aromatic heterocycles. The maximum absolute atomic E-state index is 12.6. The molecule has 3 rings (SSSR count). The minimum Gasteiger partial charge on any atom is -0.461 e. The molecule has 1 aromatic rings. The number of nitrogens with one attached hydrogen (secondary N) is 1. The molecule has 140 valence electrons. The van der Waals surface area contributed by atoms with Crippen LogP contribution < -0.4 is 5.32 Å². The number of amides is 2. The number of esters is 1. The van der Waals surface area contributed by atoms with Crippen LogP contribution in [0, 0.1) is 0 Å². The first kappa shape index (κ1) is 18.6. The number of ether oxygens (including phenoxy) is 1. The Balaban J connectivity index is 1.55. The molecule has 1 heterocycles. The van der Waals surface area contributed by atoms with Crippen molar-refractivity contribution in [1.29, 1.82) is 0 Å². The first-order valence-corrected chi connectivity index (χ1v) is 9.31. The highest BCUT2D eigenvalue weighted by Crippen LogP contribution is 2.33. The van der Waals surface area contributed by atoms with Crippen molar-refractivity contribution < 1.29 is 19.1 Å². The summed E-state index contributed by atoms with van der Waals surface area (Å²) < 4.78 is 5.28. The highest BCUT2D eigenvalue weighted by molar-refractivity contribution is 6.04. The predicted molar refractivity (Wildman–Crippen MR) is 96.0 cm³/mol. The molecule has 0 unspecified atom stereocenters. The average molecular weight is 358 g/mol. The molecule has 1 atom stereocenters. The van der Waals surface area contributed by atoms with Crippen LogP contribution in [0.4, 0.5) is 0 Å². The molecule has 1 aliphatic carbocycles. The Morgan fingerprint density at radius 3 is 2.58 bits per heavy atom. The molecule has 2 aliphatic rings. The highest BCUT2D eigenvalue weighted by atomic mass is 16.5. The zero-order valence-electron chi connectivity index (χ0n) is 15.2. The van der Waals surface area contributed by atoms with Gasteiger partial charge in [-0.2, -0.15) is 0 Å². The van der Waals surface area contributed by atoms with E-state index >= 15 is 0 Å². The van der Waals surface area contributed by atoms with E-state index in [1.165, 1.54) is 4.90 Å². The quantitative estimate of drug-likeness (QED) is 0.645. The van der Waals surface area contributed by atoms with E-state index in [0.717, 1.165) is 37.7 Å². The molecule has 26 heavy (non-hydrogen) atoms. The number of nitrogens with zero attached hydrogens (tertiary/aromatic N) is 1. The molecule has 1 spiro atoms. The summed E-state index contributed by atoms with van der Waals surface area (Å²) >= 11 is 0. The van der Waals surface area contributed by atoms with E-state index in [2.05, 4.69) is 5.32 Å². The number of hydrogen-bond acceptors (Lipinski definition) is 5. The van der Waals surface area contributed by atoms with Crippen molar-refractivity contribution in [3.8, 4) is 0 Å². The molecule has 1 aromatic carbocycles. The van der Waals surface area contributed by atoms with Crippen molar-refractivity contribution in [2.24, 2.45) is 0 Å². The molecule has 0 radical (unpaired) electrons. The number of hydrogen-bond donors (Lipinski definition) is 1. The van der Waals surface area contributed by atoms with E-state index < -0.39 is 11.6 Å². The summed E-state index contributed by atoms with van der Waals surface area (Å²) in [5.74, 6) is -0.729. The van der Waals surface area contributed by atoms with Gasteiger partial charge in [0.1, 0.15) is 6.61 Å². The number of rotatable bonds is 5. The smallest absolute Gasteiger partial charge is 0.306 e. The van der Waals surface area contributed by atoms with Crippen LogP contribution in [0.15, 0.2) is 30.3 Å². The summed E-state index contributed by atoms with van der Waals surface area (Å²) in [7, 11) is 1.54. The largest absolute Gasteiger partial charge is 0.461 e. The molecule has 6 nitrogen and oxygen atoms in total. The lowest BCUT2D eigenvalue weighted by Gasteiger charge is -2.45. The molecule has 2 amide bonds. The van der Waals surface area contributed by atoms with Gasteiger partial charge in [0.05, 0.1) is 11.6 Å². The van der Waals surface area contributed by atoms with Crippen molar-refractivity contribution >= 4 is 17.8 Å². The minimum absolute atomic E-state index is 0.134. The van der Waals surface area contributed by atoms with Crippen LogP contribution in [-0.4, -0.2) is 41.3 Å². The van der Waals surface area contributed by atoms with Crippen molar-refractivity contribution in [3.63, 3.8) is 0 Å². The Labute approximate surface area is 153 Å². The molecule has 1 aliphatic heterocycles. The highest BCUT2D eigenvalue weighted by Gasteiger charge is 2.49. The summed E-state index contributed by atoms with van der Waals surface area (Å²) in [6.07, 6.45) is 5.06. The molecule has 0 bridgehead atoms. The second-order valence-corrected chi connectivity index (χ2v) is 7.23. The van der Waals surface area contributed by atoms with E-state index in [9.17, 15) is 14.4 Å². The molecule has 1 saturated carbocycles. The predicted octanol–water partition coefficient (Wildman–Crippen LogP) is 2.17. The molecule has 2 fully saturated rings. The van der Waals surface area contributed by atoms with Crippen molar-refractivity contribution in [3.05, 3.63) is 35.9 Å². The van der Waals surface area contributed by atoms with Gasteiger partial charge in [-0.15, -0.1) is 0 Å². The lowest BCUT2D eigenvalue weighted by molar-refractivity contribution is -0.156. The first-order valence-electron chi connectivity index (χ1n) is 9.31. The fourth-order valence-corrected chi connectivity index (χ4v) is 3.89. The van der Waals surface area contributed by atoms with Crippen LogP contribution >= 0.6 is 0 Å². The Morgan fingerprint density at radius 2 is 1.88 bits per heavy atom. The molecular weight excluding hydrogens is 332 g/mol. The standard InChI is InChI=1S/C20H26N2O4/c1-22-18(24)16(21-20(19(22)25)12-6-3-7-13-20)10-11-17(23)26-14-15-8-4-2-5-9-15/h2,4-5,8-9,16,21H,3,6-7,10-14H2,1H3/t16-/m0/s1. The van der Waals surface area contributed by atoms with E-state index in [0.29, 0.717) is 6.42 Å². The van der Waals surface area contributed by atoms with Gasteiger partial charge >= 0.3 is 5.97 Å². The van der Waals surface area contributed by atoms with Crippen molar-refractivity contribution in [1.82, 2.24) is 10.2 Å². The van der Waals surface area contributed by atoms with Crippen LogP contribution in [0.5, 0.6) is 0 Å². The maximum atomic E-state index is 12.6. The molecule has 1 N–H and O–H groups in total. The van der Waals surface area contributed by atoms with Gasteiger partial charge in [0.15, 0.2) is 0 Å². The molecule has 1 saturated heterocycles. The molecular formula is C20H26N2O4. The third-order valence-electron chi connectivity index (χ3n) is 5.38. The maximum Gasteiger partial charge on any atom is 0.306 e. The topological polar surface area (TPSA) is 75.7 Å². The lowest BCUT2D eigenvalue weighted by atomic mass is 9.78. The van der Waals surface area contributed by atoms with Gasteiger partial charge in [0, 0.05) is 13.5 Å². The van der Waals surface area contributed by atoms with E-state index in [-0.39, 0.29) is 30.8 Å². The van der Waals surface area contributed by atoms with Gasteiger partial charge < -0.3 is 4.74 Å². The third-order valence-corrected chi connectivity index (χ3v) is 5.38. The SMILES string of the molecule is CN1C(=O)[C@H](CCC(=O)OCc2ccccc2)NC2(CCCCC2)C1=O. The fraction of sp³-hybridized carbons (Fsp3) is 0.550. The summed E-state index contributed by atoms with van der Waals surface area (Å²) in [6.45, 7) is 0.230. The van der Waals surface area contributed by atoms with Crippen molar-refractivity contribution in [2.45, 2.75) is 63.1 Å². The zero-order chi connectivity index (χ0) is 18.6. The van der Waals surface area contributed by atoms with Gasteiger partial charge in [-0.25, -0.2) is 0 Å². The van der Waals surface area contributed by atoms with E-state index in [4.69, 9.17) is 4.74 Å². The number of imide groups is 1. The number of carbonyl (C=O) groups is 3. The van der Waals surface area contributed by atoms with Gasteiger partial charge in [-0.3, -0.25) is 24.6 Å². The van der Waals surface area contributed by atoms with Crippen LogP contribution in [0.3, 0.4) is 0 Å². The van der Waals surface area contributed by atoms with E-state index in [1.807, 2.05) is 30.3 Å². The zero-order valence-corrected chi connectivity index (χ0v) is 15.2. The lowest BCUT2D eigenvalue weighted by Crippen LogP contribution is -2.70. The second kappa shape index (κ2) is 7.99. The van der Waals surface area contributed by atoms with Crippen LogP contribution in [0.1, 0.15) is 50.5 Å². The second-order valence-electron chi connectivity index (χ2n) is 7.23. The Hall–Kier alpha value is -2.21. The van der Waals surface area contributed by atoms with E-state index in [1.54, 1.807) is 7.05 Å². The number of benzene rings is 1. The van der Waals surface area contributed by atoms with Crippen LogP contribution in [0.25, 0.3) is 0 Å². The number of piperazine rings is 1. The average Bonchev–Trinajstić information content (AvgIpc) is 2.68. The summed E-state index contributed by atoms with van der Waals surface area (Å²) in [6, 6.07) is 8.97. The van der Waals surface area contributed by atoms with Gasteiger partial charge in [0.25, 0.3) is 0 Å². The monoisotopic (exact) mass is 358 g/mol. The Bertz CT molecular complexity index is 668.